The van der Waals surface area contributed by atoms with Crippen LogP contribution < -0.4 is 0 Å². The van der Waals surface area contributed by atoms with Crippen LogP contribution in [0.3, 0.4) is 0 Å². The number of carbonyl (C=O) groups excluding carboxylic acids is 2. The predicted octanol–water partition coefficient (Wildman–Crippen LogP) is 5.65. The molecule has 0 aliphatic carbocycles. The molecule has 0 saturated heterocycles. The molecular formula is C20H37ClO4. The average molecular weight is 377 g/mol. The molecule has 0 N–H and O–H groups in total. The van der Waals surface area contributed by atoms with E-state index < -0.39 is 0 Å². The van der Waals surface area contributed by atoms with E-state index in [0.29, 0.717) is 18.9 Å². The normalized spacial score (nSPS) is 12.2. The molecule has 0 radical (unpaired) electrons. The van der Waals surface area contributed by atoms with Crippen LogP contribution in [0.15, 0.2) is 0 Å². The lowest BCUT2D eigenvalue weighted by molar-refractivity contribution is -0.152. The van der Waals surface area contributed by atoms with Gasteiger partial charge >= 0.3 is 11.9 Å². The van der Waals surface area contributed by atoms with Gasteiger partial charge in [0.1, 0.15) is 6.10 Å². The second-order valence-electron chi connectivity index (χ2n) is 6.95. The van der Waals surface area contributed by atoms with Crippen molar-refractivity contribution in [3.8, 4) is 0 Å². The molecule has 0 saturated carbocycles. The molecule has 0 aromatic heterocycles. The minimum absolute atomic E-state index is 0.0195. The number of alkyl halides is 1. The number of hydrogen-bond donors (Lipinski definition) is 0. The monoisotopic (exact) mass is 376 g/mol. The molecule has 148 valence electrons. The summed E-state index contributed by atoms with van der Waals surface area (Å²) >= 11 is 5.63. The summed E-state index contributed by atoms with van der Waals surface area (Å²) in [5.41, 5.74) is 0. The summed E-state index contributed by atoms with van der Waals surface area (Å²) in [5.74, 6) is 0.631. The van der Waals surface area contributed by atoms with Crippen molar-refractivity contribution in [1.29, 1.82) is 0 Å². The summed E-state index contributed by atoms with van der Waals surface area (Å²) in [7, 11) is 0. The second-order valence-corrected chi connectivity index (χ2v) is 7.32. The quantitative estimate of drug-likeness (QED) is 0.198. The molecule has 1 atom stereocenters. The van der Waals surface area contributed by atoms with E-state index in [2.05, 4.69) is 20.8 Å². The first-order chi connectivity index (χ1) is 12.0. The highest BCUT2D eigenvalue weighted by molar-refractivity contribution is 6.17. The van der Waals surface area contributed by atoms with Crippen molar-refractivity contribution in [2.24, 2.45) is 5.92 Å². The van der Waals surface area contributed by atoms with Gasteiger partial charge in [-0.05, 0) is 31.6 Å². The van der Waals surface area contributed by atoms with Gasteiger partial charge in [0.05, 0.1) is 6.61 Å². The van der Waals surface area contributed by atoms with Crippen molar-refractivity contribution in [3.63, 3.8) is 0 Å². The Labute approximate surface area is 159 Å². The zero-order valence-electron chi connectivity index (χ0n) is 16.4. The van der Waals surface area contributed by atoms with Gasteiger partial charge < -0.3 is 9.47 Å². The number of hydrogen-bond acceptors (Lipinski definition) is 4. The lowest BCUT2D eigenvalue weighted by atomic mass is 10.0. The molecule has 0 aliphatic heterocycles. The summed E-state index contributed by atoms with van der Waals surface area (Å²) in [4.78, 5) is 23.5. The van der Waals surface area contributed by atoms with Crippen LogP contribution in [0.2, 0.25) is 0 Å². The molecule has 0 amide bonds. The Morgan fingerprint density at radius 3 is 2.08 bits per heavy atom. The minimum Gasteiger partial charge on any atom is -0.466 e. The minimum atomic E-state index is -0.219. The van der Waals surface area contributed by atoms with Crippen LogP contribution in [0.4, 0.5) is 0 Å². The first-order valence-electron chi connectivity index (χ1n) is 9.92. The number of unbranched alkanes of at least 4 members (excludes halogenated alkanes) is 5. The van der Waals surface area contributed by atoms with E-state index in [-0.39, 0.29) is 30.9 Å². The van der Waals surface area contributed by atoms with E-state index >= 15 is 0 Å². The van der Waals surface area contributed by atoms with Gasteiger partial charge in [-0.15, -0.1) is 11.6 Å². The molecular weight excluding hydrogens is 340 g/mol. The fraction of sp³-hybridized carbons (Fsp3) is 0.900. The molecule has 0 fully saturated rings. The van der Waals surface area contributed by atoms with Gasteiger partial charge in [0.2, 0.25) is 0 Å². The van der Waals surface area contributed by atoms with E-state index in [0.717, 1.165) is 44.4 Å². The maximum atomic E-state index is 11.8. The lowest BCUT2D eigenvalue weighted by Gasteiger charge is -2.20. The summed E-state index contributed by atoms with van der Waals surface area (Å²) in [6.45, 7) is 6.68. The molecule has 0 aromatic rings. The third kappa shape index (κ3) is 15.2. The van der Waals surface area contributed by atoms with Crippen molar-refractivity contribution in [2.75, 3.05) is 12.5 Å². The standard InChI is InChI=1S/C20H37ClO4/c1-4-12-18(17(2)3)25-20(23)14-11-13-19(22)24-16-10-8-6-5-7-9-15-21/h17-18H,4-16H2,1-3H3. The fourth-order valence-corrected chi connectivity index (χ4v) is 2.77. The third-order valence-corrected chi connectivity index (χ3v) is 4.42. The van der Waals surface area contributed by atoms with Crippen LogP contribution >= 0.6 is 11.6 Å². The summed E-state index contributed by atoms with van der Waals surface area (Å²) in [6.07, 6.45) is 9.51. The summed E-state index contributed by atoms with van der Waals surface area (Å²) in [6, 6.07) is 0. The third-order valence-electron chi connectivity index (χ3n) is 4.15. The van der Waals surface area contributed by atoms with Gasteiger partial charge in [0.25, 0.3) is 0 Å². The molecule has 0 heterocycles. The molecule has 0 aromatic carbocycles. The molecule has 0 rings (SSSR count). The number of ether oxygens (including phenoxy) is 2. The van der Waals surface area contributed by atoms with Gasteiger partial charge in [-0.25, -0.2) is 0 Å². The highest BCUT2D eigenvalue weighted by atomic mass is 35.5. The highest BCUT2D eigenvalue weighted by Gasteiger charge is 2.17. The van der Waals surface area contributed by atoms with Crippen molar-refractivity contribution in [3.05, 3.63) is 0 Å². The van der Waals surface area contributed by atoms with Gasteiger partial charge in [0.15, 0.2) is 0 Å². The molecule has 0 bridgehead atoms. The van der Waals surface area contributed by atoms with Crippen molar-refractivity contribution >= 4 is 23.5 Å². The van der Waals surface area contributed by atoms with E-state index in [4.69, 9.17) is 21.1 Å². The van der Waals surface area contributed by atoms with Gasteiger partial charge in [-0.3, -0.25) is 9.59 Å². The van der Waals surface area contributed by atoms with Crippen LogP contribution in [0.5, 0.6) is 0 Å². The lowest BCUT2D eigenvalue weighted by Crippen LogP contribution is -2.23. The van der Waals surface area contributed by atoms with Crippen LogP contribution in [0.1, 0.15) is 91.4 Å². The highest BCUT2D eigenvalue weighted by Crippen LogP contribution is 2.14. The van der Waals surface area contributed by atoms with E-state index in [1.54, 1.807) is 0 Å². The molecule has 25 heavy (non-hydrogen) atoms. The maximum absolute atomic E-state index is 11.8. The largest absolute Gasteiger partial charge is 0.466 e. The van der Waals surface area contributed by atoms with Gasteiger partial charge in [0, 0.05) is 18.7 Å². The van der Waals surface area contributed by atoms with E-state index in [9.17, 15) is 9.59 Å². The predicted molar refractivity (Wildman–Crippen MR) is 103 cm³/mol. The van der Waals surface area contributed by atoms with Gasteiger partial charge in [-0.2, -0.15) is 0 Å². The molecule has 5 heteroatoms. The summed E-state index contributed by atoms with van der Waals surface area (Å²) in [5, 5.41) is 0. The maximum Gasteiger partial charge on any atom is 0.306 e. The number of carbonyl (C=O) groups is 2. The SMILES string of the molecule is CCCC(OC(=O)CCCC(=O)OCCCCCCCCCl)C(C)C. The Morgan fingerprint density at radius 1 is 0.880 bits per heavy atom. The number of esters is 2. The Morgan fingerprint density at radius 2 is 1.48 bits per heavy atom. The molecule has 4 nitrogen and oxygen atoms in total. The van der Waals surface area contributed by atoms with Crippen molar-refractivity contribution in [1.82, 2.24) is 0 Å². The average Bonchev–Trinajstić information content (AvgIpc) is 2.56. The molecule has 1 unspecified atom stereocenters. The Balaban J connectivity index is 3.60. The van der Waals surface area contributed by atoms with E-state index in [1.165, 1.54) is 12.8 Å². The van der Waals surface area contributed by atoms with Crippen molar-refractivity contribution < 1.29 is 19.1 Å². The van der Waals surface area contributed by atoms with Crippen LogP contribution in [0.25, 0.3) is 0 Å². The zero-order valence-corrected chi connectivity index (χ0v) is 17.1. The topological polar surface area (TPSA) is 52.6 Å². The first-order valence-corrected chi connectivity index (χ1v) is 10.5. The molecule has 0 spiro atoms. The van der Waals surface area contributed by atoms with Crippen LogP contribution in [-0.2, 0) is 19.1 Å². The van der Waals surface area contributed by atoms with Gasteiger partial charge in [-0.1, -0.05) is 52.9 Å². The van der Waals surface area contributed by atoms with Crippen LogP contribution in [-0.4, -0.2) is 30.5 Å². The Kier molecular flexibility index (Phi) is 16.2. The number of halogens is 1. The Bertz CT molecular complexity index is 345. The fourth-order valence-electron chi connectivity index (χ4n) is 2.58. The summed E-state index contributed by atoms with van der Waals surface area (Å²) < 4.78 is 10.7. The van der Waals surface area contributed by atoms with Crippen molar-refractivity contribution in [2.45, 2.75) is 97.5 Å². The molecule has 0 aliphatic rings. The zero-order chi connectivity index (χ0) is 18.9. The number of rotatable bonds is 16. The Hall–Kier alpha value is -0.770. The second kappa shape index (κ2) is 16.7. The first kappa shape index (κ1) is 24.2. The van der Waals surface area contributed by atoms with Crippen LogP contribution in [0, 0.1) is 5.92 Å². The van der Waals surface area contributed by atoms with E-state index in [1.807, 2.05) is 0 Å². The smallest absolute Gasteiger partial charge is 0.306 e.